The lowest BCUT2D eigenvalue weighted by molar-refractivity contribution is 0.0536. The van der Waals surface area contributed by atoms with Crippen molar-refractivity contribution in [1.29, 1.82) is 5.26 Å². The molecule has 146 valence electrons. The number of ether oxygens (including phenoxy) is 2. The average Bonchev–Trinajstić information content (AvgIpc) is 2.72. The molecule has 0 atom stereocenters. The summed E-state index contributed by atoms with van der Waals surface area (Å²) in [6, 6.07) is 12.9. The van der Waals surface area contributed by atoms with E-state index in [2.05, 4.69) is 11.4 Å². The Morgan fingerprint density at radius 1 is 1.29 bits per heavy atom. The third-order valence-corrected chi connectivity index (χ3v) is 5.58. The van der Waals surface area contributed by atoms with Crippen LogP contribution in [0, 0.1) is 11.3 Å². The van der Waals surface area contributed by atoms with E-state index in [-0.39, 0.29) is 11.2 Å². The van der Waals surface area contributed by atoms with E-state index in [4.69, 9.17) is 21.1 Å². The van der Waals surface area contributed by atoms with Crippen molar-refractivity contribution in [1.82, 2.24) is 0 Å². The summed E-state index contributed by atoms with van der Waals surface area (Å²) in [7, 11) is 1.65. The molecule has 1 aliphatic heterocycles. The number of benzene rings is 2. The predicted molar refractivity (Wildman–Crippen MR) is 109 cm³/mol. The minimum absolute atomic E-state index is 0.0372. The Morgan fingerprint density at radius 3 is 2.68 bits per heavy atom. The largest absolute Gasteiger partial charge is 0.496 e. The van der Waals surface area contributed by atoms with Crippen LogP contribution in [0.1, 0.15) is 41.3 Å². The Balaban J connectivity index is 1.97. The molecule has 0 radical (unpaired) electrons. The van der Waals surface area contributed by atoms with Crippen LogP contribution in [0.15, 0.2) is 36.4 Å². The van der Waals surface area contributed by atoms with E-state index in [0.29, 0.717) is 41.6 Å². The smallest absolute Gasteiger partial charge is 0.159 e. The average molecular weight is 399 g/mol. The number of rotatable bonds is 6. The van der Waals surface area contributed by atoms with E-state index < -0.39 is 0 Å². The third-order valence-electron chi connectivity index (χ3n) is 5.35. The van der Waals surface area contributed by atoms with Crippen molar-refractivity contribution in [3.63, 3.8) is 0 Å². The lowest BCUT2D eigenvalue weighted by Gasteiger charge is -2.39. The van der Waals surface area contributed by atoms with Gasteiger partial charge in [0.2, 0.25) is 0 Å². The van der Waals surface area contributed by atoms with Crippen LogP contribution in [-0.4, -0.2) is 32.7 Å². The highest BCUT2D eigenvalue weighted by atomic mass is 35.5. The second-order valence-corrected chi connectivity index (χ2v) is 7.46. The van der Waals surface area contributed by atoms with Gasteiger partial charge in [0.05, 0.1) is 18.4 Å². The molecule has 3 rings (SSSR count). The number of anilines is 1. The van der Waals surface area contributed by atoms with Gasteiger partial charge in [-0.1, -0.05) is 11.6 Å². The fourth-order valence-corrected chi connectivity index (χ4v) is 3.84. The highest BCUT2D eigenvalue weighted by molar-refractivity contribution is 6.30. The van der Waals surface area contributed by atoms with Crippen LogP contribution < -0.4 is 10.1 Å². The summed E-state index contributed by atoms with van der Waals surface area (Å²) in [6.45, 7) is 3.36. The van der Waals surface area contributed by atoms with Crippen LogP contribution in [0.5, 0.6) is 5.75 Å². The summed E-state index contributed by atoms with van der Waals surface area (Å²) >= 11 is 6.29. The number of nitrogens with zero attached hydrogens (tertiary/aromatic N) is 1. The van der Waals surface area contributed by atoms with Crippen molar-refractivity contribution in [2.24, 2.45) is 0 Å². The van der Waals surface area contributed by atoms with Gasteiger partial charge in [-0.25, -0.2) is 0 Å². The highest BCUT2D eigenvalue weighted by Crippen LogP contribution is 2.41. The summed E-state index contributed by atoms with van der Waals surface area (Å²) in [5.74, 6) is 0.746. The summed E-state index contributed by atoms with van der Waals surface area (Å²) in [5, 5.41) is 13.5. The molecule has 6 heteroatoms. The first-order valence-electron chi connectivity index (χ1n) is 9.20. The fourth-order valence-electron chi connectivity index (χ4n) is 3.67. The summed E-state index contributed by atoms with van der Waals surface area (Å²) in [5.41, 5.74) is 2.50. The third kappa shape index (κ3) is 4.14. The Labute approximate surface area is 170 Å². The number of ketones is 1. The molecule has 1 aliphatic rings. The van der Waals surface area contributed by atoms with Crippen LogP contribution in [-0.2, 0) is 10.2 Å². The number of hydrogen-bond donors (Lipinski definition) is 1. The number of carbonyl (C=O) groups excluding carboxylic acids is 1. The molecule has 0 aliphatic carbocycles. The lowest BCUT2D eigenvalue weighted by Crippen LogP contribution is -2.40. The Kier molecular flexibility index (Phi) is 6.23. The van der Waals surface area contributed by atoms with Crippen LogP contribution in [0.25, 0.3) is 0 Å². The van der Waals surface area contributed by atoms with Gasteiger partial charge in [-0.3, -0.25) is 4.79 Å². The van der Waals surface area contributed by atoms with Crippen molar-refractivity contribution < 1.29 is 14.3 Å². The van der Waals surface area contributed by atoms with Crippen molar-refractivity contribution in [3.05, 3.63) is 58.1 Å². The number of Topliss-reactive ketones (excluding diaryl/α,β-unsaturated/α-hetero) is 1. The highest BCUT2D eigenvalue weighted by Gasteiger charge is 2.37. The summed E-state index contributed by atoms with van der Waals surface area (Å²) < 4.78 is 11.2. The molecule has 0 aromatic heterocycles. The standard InChI is InChI=1S/C22H23ClN2O3/c1-15(26)16-3-4-17(13-24)20(11-16)25-14-22(7-9-28-10-8-22)19-12-18(23)5-6-21(19)27-2/h3-6,11-12,25H,7-10,14H2,1-2H3. The van der Waals surface area contributed by atoms with Crippen molar-refractivity contribution in [2.45, 2.75) is 25.2 Å². The molecule has 1 heterocycles. The zero-order chi connectivity index (χ0) is 20.1. The van der Waals surface area contributed by atoms with Crippen LogP contribution >= 0.6 is 11.6 Å². The number of nitrogens with one attached hydrogen (secondary N) is 1. The van der Waals surface area contributed by atoms with E-state index in [1.807, 2.05) is 18.2 Å². The molecule has 2 aromatic carbocycles. The van der Waals surface area contributed by atoms with E-state index >= 15 is 0 Å². The second kappa shape index (κ2) is 8.64. The first-order chi connectivity index (χ1) is 13.5. The fraction of sp³-hybridized carbons (Fsp3) is 0.364. The van der Waals surface area contributed by atoms with Crippen LogP contribution in [0.2, 0.25) is 5.02 Å². The first-order valence-corrected chi connectivity index (χ1v) is 9.57. The molecule has 2 aromatic rings. The molecule has 0 spiro atoms. The molecule has 0 amide bonds. The van der Waals surface area contributed by atoms with Gasteiger partial charge in [0.1, 0.15) is 11.8 Å². The van der Waals surface area contributed by atoms with Gasteiger partial charge in [0, 0.05) is 41.3 Å². The van der Waals surface area contributed by atoms with Gasteiger partial charge in [-0.05, 0) is 56.2 Å². The van der Waals surface area contributed by atoms with Gasteiger partial charge in [-0.2, -0.15) is 5.26 Å². The number of halogens is 1. The maximum Gasteiger partial charge on any atom is 0.159 e. The minimum atomic E-state index is -0.257. The maximum atomic E-state index is 11.8. The van der Waals surface area contributed by atoms with E-state index in [9.17, 15) is 10.1 Å². The van der Waals surface area contributed by atoms with Gasteiger partial charge >= 0.3 is 0 Å². The number of carbonyl (C=O) groups is 1. The Bertz CT molecular complexity index is 914. The molecule has 5 nitrogen and oxygen atoms in total. The van der Waals surface area contributed by atoms with E-state index in [1.165, 1.54) is 6.92 Å². The van der Waals surface area contributed by atoms with E-state index in [1.54, 1.807) is 25.3 Å². The van der Waals surface area contributed by atoms with Crippen LogP contribution in [0.3, 0.4) is 0 Å². The topological polar surface area (TPSA) is 71.3 Å². The molecular weight excluding hydrogens is 376 g/mol. The van der Waals surface area contributed by atoms with E-state index in [0.717, 1.165) is 24.2 Å². The zero-order valence-electron chi connectivity index (χ0n) is 16.0. The number of hydrogen-bond acceptors (Lipinski definition) is 5. The zero-order valence-corrected chi connectivity index (χ0v) is 16.8. The summed E-state index contributed by atoms with van der Waals surface area (Å²) in [4.78, 5) is 11.8. The molecule has 1 saturated heterocycles. The van der Waals surface area contributed by atoms with Gasteiger partial charge in [0.25, 0.3) is 0 Å². The predicted octanol–water partition coefficient (Wildman–Crippen LogP) is 4.58. The van der Waals surface area contributed by atoms with Crippen molar-refractivity contribution in [3.8, 4) is 11.8 Å². The monoisotopic (exact) mass is 398 g/mol. The van der Waals surface area contributed by atoms with Gasteiger partial charge in [0.15, 0.2) is 5.78 Å². The molecule has 0 unspecified atom stereocenters. The number of nitriles is 1. The van der Waals surface area contributed by atoms with Crippen molar-refractivity contribution >= 4 is 23.1 Å². The first kappa shape index (κ1) is 20.2. The quantitative estimate of drug-likeness (QED) is 0.721. The Morgan fingerprint density at radius 2 is 2.04 bits per heavy atom. The van der Waals surface area contributed by atoms with Crippen LogP contribution in [0.4, 0.5) is 5.69 Å². The second-order valence-electron chi connectivity index (χ2n) is 7.02. The van der Waals surface area contributed by atoms with Crippen molar-refractivity contribution in [2.75, 3.05) is 32.2 Å². The maximum absolute atomic E-state index is 11.8. The molecule has 0 saturated carbocycles. The molecule has 1 fully saturated rings. The summed E-state index contributed by atoms with van der Waals surface area (Å²) in [6.07, 6.45) is 1.59. The minimum Gasteiger partial charge on any atom is -0.496 e. The lowest BCUT2D eigenvalue weighted by atomic mass is 9.73. The SMILES string of the molecule is COc1ccc(Cl)cc1C1(CNc2cc(C(C)=O)ccc2C#N)CCOCC1. The van der Waals surface area contributed by atoms with Gasteiger partial charge in [-0.15, -0.1) is 0 Å². The molecular formula is C22H23ClN2O3. The molecule has 0 bridgehead atoms. The normalized spacial score (nSPS) is 15.5. The number of methoxy groups -OCH3 is 1. The van der Waals surface area contributed by atoms with Gasteiger partial charge < -0.3 is 14.8 Å². The molecule has 1 N–H and O–H groups in total. The molecule has 28 heavy (non-hydrogen) atoms. The Hall–Kier alpha value is -2.55.